The van der Waals surface area contributed by atoms with Crippen LogP contribution in [0.4, 0.5) is 0 Å². The monoisotopic (exact) mass is 504 g/mol. The van der Waals surface area contributed by atoms with Crippen molar-refractivity contribution < 1.29 is 21.5 Å². The van der Waals surface area contributed by atoms with Gasteiger partial charge >= 0.3 is 0 Å². The third kappa shape index (κ3) is 28.4. The van der Waals surface area contributed by atoms with Gasteiger partial charge in [0.05, 0.1) is 27.2 Å². The number of nitrogens with zero attached hydrogens (tertiary/aromatic N) is 2. The van der Waals surface area contributed by atoms with E-state index < -0.39 is 0 Å². The first kappa shape index (κ1) is 33.6. The molecule has 0 saturated heterocycles. The highest BCUT2D eigenvalue weighted by molar-refractivity contribution is 4.51. The second-order valence-electron chi connectivity index (χ2n) is 10.9. The van der Waals surface area contributed by atoms with Crippen LogP contribution in [0.1, 0.15) is 135 Å². The summed E-state index contributed by atoms with van der Waals surface area (Å²) >= 11 is 0. The molecule has 2 nitrogen and oxygen atoms in total. The number of hydrogen-bond acceptors (Lipinski definition) is 1. The minimum absolute atomic E-state index is 0. The Morgan fingerprint density at radius 2 is 0.742 bits per heavy atom. The molecule has 0 aliphatic heterocycles. The van der Waals surface area contributed by atoms with Gasteiger partial charge in [0, 0.05) is 0 Å². The van der Waals surface area contributed by atoms with Crippen LogP contribution in [0.25, 0.3) is 0 Å². The Hall–Kier alpha value is 0.400. The van der Waals surface area contributed by atoms with Crippen LogP contribution in [-0.4, -0.2) is 57.2 Å². The van der Waals surface area contributed by atoms with Gasteiger partial charge in [-0.05, 0) is 52.7 Å². The van der Waals surface area contributed by atoms with E-state index in [4.69, 9.17) is 0 Å². The zero-order chi connectivity index (χ0) is 22.3. The summed E-state index contributed by atoms with van der Waals surface area (Å²) in [5.74, 6) is 0. The molecule has 0 aliphatic carbocycles. The molecule has 0 radical (unpaired) electrons. The first-order valence-corrected chi connectivity index (χ1v) is 13.9. The smallest absolute Gasteiger partial charge is 0.0782 e. The van der Waals surface area contributed by atoms with E-state index >= 15 is 0 Å². The largest absolute Gasteiger partial charge is 1.00 e. The summed E-state index contributed by atoms with van der Waals surface area (Å²) < 4.78 is 1.23. The summed E-state index contributed by atoms with van der Waals surface area (Å²) in [4.78, 5) is 2.30. The summed E-state index contributed by atoms with van der Waals surface area (Å²) in [5.41, 5.74) is 0. The van der Waals surface area contributed by atoms with E-state index in [2.05, 4.69) is 40.0 Å². The van der Waals surface area contributed by atoms with Crippen molar-refractivity contribution >= 4 is 0 Å². The third-order valence-corrected chi connectivity index (χ3v) is 6.74. The van der Waals surface area contributed by atoms with Crippen molar-refractivity contribution in [3.8, 4) is 0 Å². The number of quaternary nitrogens is 1. The number of halogens is 1. The number of unbranched alkanes of at least 4 members (excludes halogenated alkanes) is 18. The quantitative estimate of drug-likeness (QED) is 0.125. The van der Waals surface area contributed by atoms with Crippen LogP contribution in [0, 0.1) is 0 Å². The minimum Gasteiger partial charge on any atom is -1.00 e. The average Bonchev–Trinajstić information content (AvgIpc) is 2.70. The molecule has 0 aliphatic rings. The van der Waals surface area contributed by atoms with Crippen molar-refractivity contribution in [1.29, 1.82) is 0 Å². The molecule has 0 aromatic rings. The standard InChI is InChI=1S/C28H61N2.BrH/c1-6-7-8-9-10-11-12-13-14-15-16-17-18-19-21-24-27-30(4,5)28-25-22-20-23-26-29(2)3;/h6-28H2,1-5H3;1H/q+1;/p-1. The molecule has 0 atom stereocenters. The predicted octanol–water partition coefficient (Wildman–Crippen LogP) is 5.45. The van der Waals surface area contributed by atoms with Crippen molar-refractivity contribution in [2.75, 3.05) is 47.8 Å². The molecule has 0 amide bonds. The lowest BCUT2D eigenvalue weighted by Gasteiger charge is -2.30. The van der Waals surface area contributed by atoms with Crippen molar-refractivity contribution in [1.82, 2.24) is 4.90 Å². The second kappa shape index (κ2) is 25.0. The highest BCUT2D eigenvalue weighted by atomic mass is 79.9. The molecule has 0 spiro atoms. The zero-order valence-corrected chi connectivity index (χ0v) is 24.1. The topological polar surface area (TPSA) is 3.24 Å². The van der Waals surface area contributed by atoms with Crippen molar-refractivity contribution in [2.45, 2.75) is 135 Å². The Morgan fingerprint density at radius 3 is 1.06 bits per heavy atom. The Labute approximate surface area is 209 Å². The lowest BCUT2D eigenvalue weighted by atomic mass is 10.0. The molecule has 0 N–H and O–H groups in total. The van der Waals surface area contributed by atoms with Crippen LogP contribution in [0.15, 0.2) is 0 Å². The Kier molecular flexibility index (Phi) is 27.1. The van der Waals surface area contributed by atoms with Crippen LogP contribution >= 0.6 is 0 Å². The van der Waals surface area contributed by atoms with Gasteiger partial charge in [0.25, 0.3) is 0 Å². The third-order valence-electron chi connectivity index (χ3n) is 6.74. The average molecular weight is 506 g/mol. The minimum atomic E-state index is 0. The molecule has 0 rings (SSSR count). The Balaban J connectivity index is 0. The van der Waals surface area contributed by atoms with Crippen molar-refractivity contribution in [3.63, 3.8) is 0 Å². The van der Waals surface area contributed by atoms with Gasteiger partial charge in [-0.15, -0.1) is 0 Å². The van der Waals surface area contributed by atoms with E-state index in [0.717, 1.165) is 0 Å². The van der Waals surface area contributed by atoms with Crippen LogP contribution in [0.2, 0.25) is 0 Å². The molecule has 0 aromatic carbocycles. The van der Waals surface area contributed by atoms with Gasteiger partial charge in [-0.2, -0.15) is 0 Å². The fourth-order valence-electron chi connectivity index (χ4n) is 4.52. The van der Waals surface area contributed by atoms with Crippen molar-refractivity contribution in [2.24, 2.45) is 0 Å². The van der Waals surface area contributed by atoms with Crippen LogP contribution in [0.5, 0.6) is 0 Å². The van der Waals surface area contributed by atoms with Gasteiger partial charge < -0.3 is 26.4 Å². The maximum absolute atomic E-state index is 2.44. The van der Waals surface area contributed by atoms with E-state index in [9.17, 15) is 0 Å². The molecule has 0 saturated carbocycles. The lowest BCUT2D eigenvalue weighted by molar-refractivity contribution is -0.890. The van der Waals surface area contributed by atoms with E-state index in [-0.39, 0.29) is 17.0 Å². The molecule has 0 unspecified atom stereocenters. The first-order chi connectivity index (χ1) is 14.5. The normalized spacial score (nSPS) is 11.8. The maximum atomic E-state index is 2.44. The fraction of sp³-hybridized carbons (Fsp3) is 1.00. The van der Waals surface area contributed by atoms with E-state index in [1.54, 1.807) is 0 Å². The van der Waals surface area contributed by atoms with Crippen molar-refractivity contribution in [3.05, 3.63) is 0 Å². The molecular weight excluding hydrogens is 444 g/mol. The molecule has 0 fully saturated rings. The van der Waals surface area contributed by atoms with E-state index in [1.807, 2.05) is 0 Å². The van der Waals surface area contributed by atoms with Gasteiger partial charge in [-0.25, -0.2) is 0 Å². The molecule has 0 bridgehead atoms. The van der Waals surface area contributed by atoms with Gasteiger partial charge in [0.15, 0.2) is 0 Å². The highest BCUT2D eigenvalue weighted by Gasteiger charge is 2.13. The summed E-state index contributed by atoms with van der Waals surface area (Å²) in [6.07, 6.45) is 29.0. The predicted molar refractivity (Wildman–Crippen MR) is 138 cm³/mol. The molecule has 190 valence electrons. The second-order valence-corrected chi connectivity index (χ2v) is 10.9. The van der Waals surface area contributed by atoms with Gasteiger partial charge in [-0.1, -0.05) is 103 Å². The summed E-state index contributed by atoms with van der Waals surface area (Å²) in [7, 11) is 9.23. The van der Waals surface area contributed by atoms with E-state index in [1.165, 1.54) is 153 Å². The molecule has 0 aromatic heterocycles. The van der Waals surface area contributed by atoms with Gasteiger partial charge in [-0.3, -0.25) is 0 Å². The van der Waals surface area contributed by atoms with Gasteiger partial charge in [0.2, 0.25) is 0 Å². The lowest BCUT2D eigenvalue weighted by Crippen LogP contribution is -3.00. The zero-order valence-electron chi connectivity index (χ0n) is 22.5. The molecule has 3 heteroatoms. The SMILES string of the molecule is CCCCCCCCCCCCCCCCCC[N+](C)(C)CCCCCCN(C)C.[Br-]. The van der Waals surface area contributed by atoms with Crippen LogP contribution < -0.4 is 17.0 Å². The highest BCUT2D eigenvalue weighted by Crippen LogP contribution is 2.14. The molecular formula is C28H61BrN2. The van der Waals surface area contributed by atoms with Crippen LogP contribution in [-0.2, 0) is 0 Å². The number of hydrogen-bond donors (Lipinski definition) is 0. The molecule has 0 heterocycles. The summed E-state index contributed by atoms with van der Waals surface area (Å²) in [5, 5.41) is 0. The van der Waals surface area contributed by atoms with Gasteiger partial charge in [0.1, 0.15) is 0 Å². The summed E-state index contributed by atoms with van der Waals surface area (Å²) in [6, 6.07) is 0. The Morgan fingerprint density at radius 1 is 0.452 bits per heavy atom. The van der Waals surface area contributed by atoms with Crippen LogP contribution in [0.3, 0.4) is 0 Å². The summed E-state index contributed by atoms with van der Waals surface area (Å²) in [6.45, 7) is 6.28. The number of rotatable bonds is 24. The first-order valence-electron chi connectivity index (χ1n) is 13.9. The molecule has 31 heavy (non-hydrogen) atoms. The Bertz CT molecular complexity index is 331. The fourth-order valence-corrected chi connectivity index (χ4v) is 4.52. The maximum Gasteiger partial charge on any atom is 0.0782 e. The van der Waals surface area contributed by atoms with E-state index in [0.29, 0.717) is 0 Å².